The van der Waals surface area contributed by atoms with Gasteiger partial charge in [-0.15, -0.1) is 0 Å². The van der Waals surface area contributed by atoms with E-state index in [0.717, 1.165) is 16.3 Å². The van der Waals surface area contributed by atoms with Crippen molar-refractivity contribution < 1.29 is 28.5 Å². The molecule has 1 saturated heterocycles. The Morgan fingerprint density at radius 1 is 1.07 bits per heavy atom. The van der Waals surface area contributed by atoms with Crippen LogP contribution in [-0.2, 0) is 19.2 Å². The molecule has 0 N–H and O–H groups in total. The van der Waals surface area contributed by atoms with Gasteiger partial charge in [0.15, 0.2) is 5.75 Å². The number of carbonyl (C=O) groups is 2. The highest BCUT2D eigenvalue weighted by atomic mass is 19.1. The predicted molar refractivity (Wildman–Crippen MR) is 104 cm³/mol. The van der Waals surface area contributed by atoms with Crippen LogP contribution in [0.4, 0.5) is 4.39 Å². The molecule has 29 heavy (non-hydrogen) atoms. The van der Waals surface area contributed by atoms with E-state index in [-0.39, 0.29) is 18.6 Å². The third kappa shape index (κ3) is 3.66. The molecule has 1 heterocycles. The molecule has 1 fully saturated rings. The fourth-order valence-electron chi connectivity index (χ4n) is 3.61. The van der Waals surface area contributed by atoms with E-state index in [1.807, 2.05) is 49.4 Å². The molecule has 0 unspecified atom stereocenters. The molecular weight excluding hydrogens is 375 g/mol. The van der Waals surface area contributed by atoms with Crippen molar-refractivity contribution in [3.63, 3.8) is 0 Å². The number of hydrogen-bond acceptors (Lipinski definition) is 5. The molecule has 1 aliphatic rings. The van der Waals surface area contributed by atoms with Crippen molar-refractivity contribution in [2.75, 3.05) is 0 Å². The van der Waals surface area contributed by atoms with Crippen LogP contribution in [0.5, 0.6) is 5.75 Å². The molecule has 3 aromatic rings. The summed E-state index contributed by atoms with van der Waals surface area (Å²) in [7, 11) is 0. The molecule has 0 aromatic heterocycles. The summed E-state index contributed by atoms with van der Waals surface area (Å²) in [6.07, 6.45) is 0.301. The van der Waals surface area contributed by atoms with E-state index in [9.17, 15) is 14.0 Å². The maximum Gasteiger partial charge on any atom is 0.399 e. The van der Waals surface area contributed by atoms with E-state index in [1.165, 1.54) is 24.3 Å². The Labute approximate surface area is 166 Å². The molecule has 1 aliphatic heterocycles. The molecule has 0 aliphatic carbocycles. The molecular formula is C23H19FO5. The van der Waals surface area contributed by atoms with Crippen molar-refractivity contribution in [1.82, 2.24) is 0 Å². The molecule has 0 radical (unpaired) electrons. The van der Waals surface area contributed by atoms with Gasteiger partial charge in [-0.25, -0.2) is 14.1 Å². The maximum atomic E-state index is 13.0. The van der Waals surface area contributed by atoms with Crippen molar-refractivity contribution in [1.29, 1.82) is 0 Å². The number of ether oxygens (including phenoxy) is 1. The van der Waals surface area contributed by atoms with Gasteiger partial charge < -0.3 is 4.74 Å². The molecule has 0 bridgehead atoms. The van der Waals surface area contributed by atoms with Crippen molar-refractivity contribution in [3.05, 3.63) is 78.1 Å². The van der Waals surface area contributed by atoms with E-state index < -0.39 is 29.3 Å². The Bertz CT molecular complexity index is 1060. The standard InChI is InChI=1S/C23H19FO5/c1-15(17-7-6-16-4-2-3-5-18(16)14-17)23(13-12-21(25)27-23)22(26)29-28-20-10-8-19(24)9-11-20/h2-11,14-15H,12-13H2,1H3/t15-,23+/m1/s1. The zero-order valence-electron chi connectivity index (χ0n) is 15.8. The van der Waals surface area contributed by atoms with E-state index in [1.54, 1.807) is 0 Å². The molecule has 2 atom stereocenters. The Kier molecular flexibility index (Phi) is 4.92. The third-order valence-corrected chi connectivity index (χ3v) is 5.34. The van der Waals surface area contributed by atoms with Gasteiger partial charge in [0.25, 0.3) is 0 Å². The highest BCUT2D eigenvalue weighted by Crippen LogP contribution is 2.41. The van der Waals surface area contributed by atoms with Crippen LogP contribution in [0.1, 0.15) is 31.2 Å². The van der Waals surface area contributed by atoms with Crippen molar-refractivity contribution in [2.24, 2.45) is 0 Å². The van der Waals surface area contributed by atoms with Crippen LogP contribution < -0.4 is 4.89 Å². The minimum atomic E-state index is -1.49. The van der Waals surface area contributed by atoms with Gasteiger partial charge in [-0.05, 0) is 40.6 Å². The first-order valence-corrected chi connectivity index (χ1v) is 9.33. The van der Waals surface area contributed by atoms with Crippen molar-refractivity contribution in [2.45, 2.75) is 31.3 Å². The van der Waals surface area contributed by atoms with Gasteiger partial charge in [0.05, 0.1) is 0 Å². The zero-order chi connectivity index (χ0) is 20.4. The molecule has 148 valence electrons. The second kappa shape index (κ2) is 7.54. The average Bonchev–Trinajstić information content (AvgIpc) is 3.15. The van der Waals surface area contributed by atoms with Gasteiger partial charge in [-0.2, -0.15) is 0 Å². The van der Waals surface area contributed by atoms with Crippen molar-refractivity contribution >= 4 is 22.7 Å². The smallest absolute Gasteiger partial charge is 0.399 e. The second-order valence-corrected chi connectivity index (χ2v) is 7.10. The summed E-state index contributed by atoms with van der Waals surface area (Å²) in [4.78, 5) is 34.9. The summed E-state index contributed by atoms with van der Waals surface area (Å²) in [5, 5.41) is 2.09. The number of esters is 1. The van der Waals surface area contributed by atoms with E-state index in [4.69, 9.17) is 14.5 Å². The first-order valence-electron chi connectivity index (χ1n) is 9.33. The number of halogens is 1. The predicted octanol–water partition coefficient (Wildman–Crippen LogP) is 4.70. The second-order valence-electron chi connectivity index (χ2n) is 7.10. The third-order valence-electron chi connectivity index (χ3n) is 5.34. The molecule has 6 heteroatoms. The number of hydrogen-bond donors (Lipinski definition) is 0. The highest BCUT2D eigenvalue weighted by molar-refractivity contribution is 5.88. The lowest BCUT2D eigenvalue weighted by Gasteiger charge is -2.31. The summed E-state index contributed by atoms with van der Waals surface area (Å²) in [6.45, 7) is 1.82. The van der Waals surface area contributed by atoms with Gasteiger partial charge in [0, 0.05) is 18.8 Å². The van der Waals surface area contributed by atoms with Crippen LogP contribution in [0.25, 0.3) is 10.8 Å². The fraction of sp³-hybridized carbons (Fsp3) is 0.217. The summed E-state index contributed by atoms with van der Waals surface area (Å²) >= 11 is 0. The topological polar surface area (TPSA) is 61.8 Å². The van der Waals surface area contributed by atoms with Crippen LogP contribution in [0.3, 0.4) is 0 Å². The van der Waals surface area contributed by atoms with Gasteiger partial charge in [0.1, 0.15) is 5.82 Å². The lowest BCUT2D eigenvalue weighted by molar-refractivity contribution is -0.235. The largest absolute Gasteiger partial charge is 0.446 e. The average molecular weight is 394 g/mol. The number of cyclic esters (lactones) is 1. The fourth-order valence-corrected chi connectivity index (χ4v) is 3.61. The Balaban J connectivity index is 1.60. The van der Waals surface area contributed by atoms with E-state index in [0.29, 0.717) is 0 Å². The van der Waals surface area contributed by atoms with E-state index >= 15 is 0 Å². The van der Waals surface area contributed by atoms with Gasteiger partial charge in [-0.3, -0.25) is 9.68 Å². The minimum absolute atomic E-state index is 0.115. The molecule has 0 amide bonds. The Morgan fingerprint density at radius 3 is 2.48 bits per heavy atom. The normalized spacial score (nSPS) is 19.6. The summed E-state index contributed by atoms with van der Waals surface area (Å²) in [5.41, 5.74) is -0.642. The minimum Gasteiger partial charge on any atom is -0.446 e. The zero-order valence-corrected chi connectivity index (χ0v) is 15.8. The number of carbonyl (C=O) groups excluding carboxylic acids is 2. The van der Waals surface area contributed by atoms with Crippen LogP contribution in [0.2, 0.25) is 0 Å². The Morgan fingerprint density at radius 2 is 1.79 bits per heavy atom. The molecule has 0 saturated carbocycles. The quantitative estimate of drug-likeness (QED) is 0.357. The maximum absolute atomic E-state index is 13.0. The first-order chi connectivity index (χ1) is 14.0. The van der Waals surface area contributed by atoms with Crippen LogP contribution in [0, 0.1) is 5.82 Å². The molecule has 0 spiro atoms. The summed E-state index contributed by atoms with van der Waals surface area (Å²) in [6, 6.07) is 18.8. The lowest BCUT2D eigenvalue weighted by atomic mass is 9.81. The number of benzene rings is 3. The van der Waals surface area contributed by atoms with Crippen LogP contribution >= 0.6 is 0 Å². The monoisotopic (exact) mass is 394 g/mol. The van der Waals surface area contributed by atoms with Crippen molar-refractivity contribution in [3.8, 4) is 5.75 Å². The Hall–Kier alpha value is -3.41. The van der Waals surface area contributed by atoms with Gasteiger partial charge in [-0.1, -0.05) is 49.4 Å². The van der Waals surface area contributed by atoms with Crippen LogP contribution in [0.15, 0.2) is 66.7 Å². The first kappa shape index (κ1) is 18.9. The van der Waals surface area contributed by atoms with E-state index in [2.05, 4.69) is 0 Å². The highest BCUT2D eigenvalue weighted by Gasteiger charge is 2.54. The number of rotatable bonds is 5. The molecule has 3 aromatic carbocycles. The number of fused-ring (bicyclic) bond motifs is 1. The molecule has 4 rings (SSSR count). The molecule has 5 nitrogen and oxygen atoms in total. The lowest BCUT2D eigenvalue weighted by Crippen LogP contribution is -2.45. The summed E-state index contributed by atoms with van der Waals surface area (Å²) in [5.74, 6) is -1.99. The van der Waals surface area contributed by atoms with Gasteiger partial charge >= 0.3 is 11.9 Å². The van der Waals surface area contributed by atoms with Gasteiger partial charge in [0.2, 0.25) is 5.60 Å². The SMILES string of the molecule is C[C@H](c1ccc2ccccc2c1)[C@]1(C(=O)OOc2ccc(F)cc2)CCC(=O)O1. The van der Waals surface area contributed by atoms with Crippen LogP contribution in [-0.4, -0.2) is 17.5 Å². The summed E-state index contributed by atoms with van der Waals surface area (Å²) < 4.78 is 18.5.